The molecule has 17 heavy (non-hydrogen) atoms. The first-order chi connectivity index (χ1) is 8.20. The molecule has 4 heteroatoms. The zero-order chi connectivity index (χ0) is 12.3. The van der Waals surface area contributed by atoms with E-state index in [-0.39, 0.29) is 12.4 Å². The minimum Gasteiger partial charge on any atom is -0.395 e. The fourth-order valence-corrected chi connectivity index (χ4v) is 1.95. The van der Waals surface area contributed by atoms with Gasteiger partial charge < -0.3 is 15.0 Å². The van der Waals surface area contributed by atoms with Gasteiger partial charge in [-0.1, -0.05) is 0 Å². The molecule has 0 atom stereocenters. The molecule has 1 aromatic carbocycles. The van der Waals surface area contributed by atoms with Gasteiger partial charge in [0.15, 0.2) is 0 Å². The quantitative estimate of drug-likeness (QED) is 0.830. The first-order valence-corrected chi connectivity index (χ1v) is 5.75. The number of aromatic amines is 1. The van der Waals surface area contributed by atoms with Crippen molar-refractivity contribution in [2.75, 3.05) is 26.7 Å². The highest BCUT2D eigenvalue weighted by Crippen LogP contribution is 2.19. The van der Waals surface area contributed by atoms with E-state index in [0.717, 1.165) is 29.4 Å². The molecule has 0 aliphatic rings. The van der Waals surface area contributed by atoms with Crippen molar-refractivity contribution in [1.82, 2.24) is 9.88 Å². The minimum absolute atomic E-state index is 0.166. The number of aliphatic hydroxyl groups excluding tert-OH is 1. The molecule has 0 unspecified atom stereocenters. The molecule has 0 aliphatic heterocycles. The second kappa shape index (κ2) is 5.29. The van der Waals surface area contributed by atoms with Gasteiger partial charge in [-0.25, -0.2) is 4.39 Å². The van der Waals surface area contributed by atoms with Crippen molar-refractivity contribution in [3.05, 3.63) is 35.8 Å². The Hall–Kier alpha value is -1.39. The first kappa shape index (κ1) is 12.1. The molecule has 92 valence electrons. The average molecular weight is 236 g/mol. The van der Waals surface area contributed by atoms with Crippen LogP contribution in [-0.4, -0.2) is 41.7 Å². The van der Waals surface area contributed by atoms with Crippen molar-refractivity contribution >= 4 is 10.9 Å². The van der Waals surface area contributed by atoms with Gasteiger partial charge in [0, 0.05) is 30.2 Å². The summed E-state index contributed by atoms with van der Waals surface area (Å²) in [4.78, 5) is 5.19. The Balaban J connectivity index is 2.10. The zero-order valence-electron chi connectivity index (χ0n) is 9.91. The van der Waals surface area contributed by atoms with Crippen LogP contribution in [0.3, 0.4) is 0 Å². The maximum atomic E-state index is 13.2. The van der Waals surface area contributed by atoms with Crippen LogP contribution >= 0.6 is 0 Å². The van der Waals surface area contributed by atoms with E-state index < -0.39 is 0 Å². The number of hydrogen-bond acceptors (Lipinski definition) is 2. The van der Waals surface area contributed by atoms with E-state index in [1.807, 2.05) is 13.2 Å². The predicted molar refractivity (Wildman–Crippen MR) is 66.5 cm³/mol. The van der Waals surface area contributed by atoms with Crippen molar-refractivity contribution in [3.8, 4) is 0 Å². The second-order valence-electron chi connectivity index (χ2n) is 4.28. The second-order valence-corrected chi connectivity index (χ2v) is 4.28. The lowest BCUT2D eigenvalue weighted by Gasteiger charge is -2.14. The third kappa shape index (κ3) is 2.84. The monoisotopic (exact) mass is 236 g/mol. The first-order valence-electron chi connectivity index (χ1n) is 5.75. The summed E-state index contributed by atoms with van der Waals surface area (Å²) in [5, 5.41) is 9.75. The Morgan fingerprint density at radius 3 is 2.94 bits per heavy atom. The Bertz CT molecular complexity index is 495. The summed E-state index contributed by atoms with van der Waals surface area (Å²) in [5.74, 6) is -0.206. The van der Waals surface area contributed by atoms with Gasteiger partial charge in [-0.3, -0.25) is 0 Å². The van der Waals surface area contributed by atoms with Crippen LogP contribution in [0, 0.1) is 5.82 Å². The number of halogens is 1. The van der Waals surface area contributed by atoms with Crippen molar-refractivity contribution in [3.63, 3.8) is 0 Å². The fourth-order valence-electron chi connectivity index (χ4n) is 1.95. The average Bonchev–Trinajstić information content (AvgIpc) is 2.69. The van der Waals surface area contributed by atoms with Gasteiger partial charge in [0.2, 0.25) is 0 Å². The number of hydrogen-bond donors (Lipinski definition) is 2. The van der Waals surface area contributed by atoms with Crippen LogP contribution in [0.2, 0.25) is 0 Å². The van der Waals surface area contributed by atoms with Gasteiger partial charge in [0.1, 0.15) is 5.82 Å². The third-order valence-electron chi connectivity index (χ3n) is 2.97. The summed E-state index contributed by atoms with van der Waals surface area (Å²) >= 11 is 0. The van der Waals surface area contributed by atoms with Crippen molar-refractivity contribution in [1.29, 1.82) is 0 Å². The van der Waals surface area contributed by atoms with E-state index in [2.05, 4.69) is 9.88 Å². The molecule has 3 nitrogen and oxygen atoms in total. The smallest absolute Gasteiger partial charge is 0.123 e. The molecule has 0 fully saturated rings. The number of nitrogens with one attached hydrogen (secondary N) is 1. The zero-order valence-corrected chi connectivity index (χ0v) is 9.91. The number of nitrogens with zero attached hydrogens (tertiary/aromatic N) is 1. The molecule has 0 aliphatic carbocycles. The van der Waals surface area contributed by atoms with Gasteiger partial charge in [-0.05, 0) is 37.2 Å². The van der Waals surface area contributed by atoms with E-state index in [1.165, 1.54) is 6.07 Å². The van der Waals surface area contributed by atoms with Crippen LogP contribution in [0.25, 0.3) is 10.9 Å². The maximum Gasteiger partial charge on any atom is 0.123 e. The number of likely N-dealkylation sites (N-methyl/N-ethyl adjacent to an activating group) is 1. The SMILES string of the molecule is CN(CCO)CCc1c[nH]c2ccc(F)cc12. The molecule has 1 heterocycles. The van der Waals surface area contributed by atoms with Gasteiger partial charge in [0.25, 0.3) is 0 Å². The van der Waals surface area contributed by atoms with Crippen molar-refractivity contribution < 1.29 is 9.50 Å². The molecule has 2 N–H and O–H groups in total. The number of fused-ring (bicyclic) bond motifs is 1. The summed E-state index contributed by atoms with van der Waals surface area (Å²) in [6, 6.07) is 4.78. The Labute approximate surface area is 99.9 Å². The summed E-state index contributed by atoms with van der Waals surface area (Å²) in [5.41, 5.74) is 2.08. The van der Waals surface area contributed by atoms with Crippen LogP contribution in [0.15, 0.2) is 24.4 Å². The van der Waals surface area contributed by atoms with Gasteiger partial charge in [-0.2, -0.15) is 0 Å². The van der Waals surface area contributed by atoms with Gasteiger partial charge >= 0.3 is 0 Å². The lowest BCUT2D eigenvalue weighted by Crippen LogP contribution is -2.24. The lowest BCUT2D eigenvalue weighted by atomic mass is 10.1. The largest absolute Gasteiger partial charge is 0.395 e. The summed E-state index contributed by atoms with van der Waals surface area (Å²) < 4.78 is 13.2. The molecular weight excluding hydrogens is 219 g/mol. The minimum atomic E-state index is -0.206. The van der Waals surface area contributed by atoms with E-state index in [9.17, 15) is 4.39 Å². The van der Waals surface area contributed by atoms with E-state index in [1.54, 1.807) is 12.1 Å². The molecule has 0 spiro atoms. The number of benzene rings is 1. The van der Waals surface area contributed by atoms with Crippen LogP contribution in [0.1, 0.15) is 5.56 Å². The molecule has 0 amide bonds. The molecular formula is C13H17FN2O. The van der Waals surface area contributed by atoms with E-state index in [0.29, 0.717) is 6.54 Å². The lowest BCUT2D eigenvalue weighted by molar-refractivity contribution is 0.223. The molecule has 2 rings (SSSR count). The summed E-state index contributed by atoms with van der Waals surface area (Å²) in [7, 11) is 1.96. The maximum absolute atomic E-state index is 13.2. The molecule has 2 aromatic rings. The molecule has 0 radical (unpaired) electrons. The van der Waals surface area contributed by atoms with Crippen molar-refractivity contribution in [2.24, 2.45) is 0 Å². The standard InChI is InChI=1S/C13H17FN2O/c1-16(6-7-17)5-4-10-9-15-13-3-2-11(14)8-12(10)13/h2-3,8-9,15,17H,4-7H2,1H3. The summed E-state index contributed by atoms with van der Waals surface area (Å²) in [6.45, 7) is 1.68. The Morgan fingerprint density at radius 2 is 2.18 bits per heavy atom. The number of aromatic nitrogens is 1. The topological polar surface area (TPSA) is 39.3 Å². The highest BCUT2D eigenvalue weighted by atomic mass is 19.1. The number of rotatable bonds is 5. The fraction of sp³-hybridized carbons (Fsp3) is 0.385. The van der Waals surface area contributed by atoms with Crippen LogP contribution in [0.5, 0.6) is 0 Å². The molecule has 0 saturated carbocycles. The van der Waals surface area contributed by atoms with Crippen LogP contribution < -0.4 is 0 Å². The van der Waals surface area contributed by atoms with Gasteiger partial charge in [-0.15, -0.1) is 0 Å². The Kier molecular flexibility index (Phi) is 3.76. The number of H-pyrrole nitrogens is 1. The van der Waals surface area contributed by atoms with Crippen LogP contribution in [-0.2, 0) is 6.42 Å². The third-order valence-corrected chi connectivity index (χ3v) is 2.97. The van der Waals surface area contributed by atoms with Crippen LogP contribution in [0.4, 0.5) is 4.39 Å². The van der Waals surface area contributed by atoms with Gasteiger partial charge in [0.05, 0.1) is 6.61 Å². The highest BCUT2D eigenvalue weighted by molar-refractivity contribution is 5.83. The van der Waals surface area contributed by atoms with E-state index >= 15 is 0 Å². The highest BCUT2D eigenvalue weighted by Gasteiger charge is 2.06. The van der Waals surface area contributed by atoms with Crippen molar-refractivity contribution in [2.45, 2.75) is 6.42 Å². The summed E-state index contributed by atoms with van der Waals surface area (Å²) in [6.07, 6.45) is 2.77. The predicted octanol–water partition coefficient (Wildman–Crippen LogP) is 1.77. The Morgan fingerprint density at radius 1 is 1.35 bits per heavy atom. The molecule has 1 aromatic heterocycles. The number of aliphatic hydroxyl groups is 1. The van der Waals surface area contributed by atoms with E-state index in [4.69, 9.17) is 5.11 Å². The molecule has 0 bridgehead atoms. The molecule has 0 saturated heterocycles. The normalized spacial score (nSPS) is 11.5.